The Hall–Kier alpha value is -2.08. The van der Waals surface area contributed by atoms with Gasteiger partial charge in [0.2, 0.25) is 5.28 Å². The van der Waals surface area contributed by atoms with E-state index in [1.807, 2.05) is 47.0 Å². The Morgan fingerprint density at radius 1 is 1.19 bits per heavy atom. The molecule has 200 valence electrons. The van der Waals surface area contributed by atoms with E-state index in [9.17, 15) is 4.57 Å². The van der Waals surface area contributed by atoms with Crippen LogP contribution >= 0.6 is 19.2 Å². The second kappa shape index (κ2) is 9.91. The summed E-state index contributed by atoms with van der Waals surface area (Å²) in [7, 11) is -2.36. The van der Waals surface area contributed by atoms with E-state index in [1.54, 1.807) is 13.8 Å². The average molecular weight is 553 g/mol. The first kappa shape index (κ1) is 26.5. The lowest BCUT2D eigenvalue weighted by molar-refractivity contribution is -0.201. The number of halogens is 1. The van der Waals surface area contributed by atoms with Crippen molar-refractivity contribution < 1.29 is 33.3 Å². The monoisotopic (exact) mass is 552 g/mol. The lowest BCUT2D eigenvalue weighted by Gasteiger charge is -2.27. The Kier molecular flexibility index (Phi) is 7.10. The van der Waals surface area contributed by atoms with E-state index in [4.69, 9.17) is 40.3 Å². The SMILES string of the molecule is C[C@H](c1ccccc1)N(C)c1nc(Cl)nc2c1ccn2[C@@H]1O[C@H](COCP(=O)(O)O)[C@H]2OC(C)(C)O[C@H]21. The standard InChI is InChI=1S/C24H30ClN4O7P/c1-14(15-8-6-5-7-9-15)28(4)20-16-10-11-29(21(16)27-23(25)26-20)22-19-18(35-24(2,3)36-19)17(34-22)12-33-13-37(30,31)32/h5-11,14,17-19,22H,12-13H2,1-4H3,(H2,30,31,32)/t14-,17-,18-,19-,22-/m1/s1. The van der Waals surface area contributed by atoms with Crippen molar-refractivity contribution >= 4 is 36.0 Å². The predicted molar refractivity (Wildman–Crippen MR) is 136 cm³/mol. The molecule has 0 amide bonds. The second-order valence-electron chi connectivity index (χ2n) is 9.77. The largest absolute Gasteiger partial charge is 0.366 e. The molecule has 2 fully saturated rings. The topological polar surface area (TPSA) is 128 Å². The van der Waals surface area contributed by atoms with E-state index in [2.05, 4.69) is 29.0 Å². The number of aromatic nitrogens is 3. The summed E-state index contributed by atoms with van der Waals surface area (Å²) >= 11 is 6.40. The summed E-state index contributed by atoms with van der Waals surface area (Å²) < 4.78 is 36.8. The molecule has 5 atom stereocenters. The number of hydrogen-bond acceptors (Lipinski definition) is 8. The third-order valence-corrected chi connectivity index (χ3v) is 7.35. The van der Waals surface area contributed by atoms with Crippen LogP contribution in [-0.4, -0.2) is 68.4 Å². The molecular weight excluding hydrogens is 523 g/mol. The Balaban J connectivity index is 1.47. The maximum absolute atomic E-state index is 11.2. The van der Waals surface area contributed by atoms with Crippen molar-refractivity contribution in [2.75, 3.05) is 24.9 Å². The Labute approximate surface area is 219 Å². The second-order valence-corrected chi connectivity index (χ2v) is 11.7. The van der Waals surface area contributed by atoms with Crippen LogP contribution in [0.25, 0.3) is 11.0 Å². The smallest absolute Gasteiger partial charge is 0.350 e. The maximum atomic E-state index is 11.2. The van der Waals surface area contributed by atoms with Crippen LogP contribution in [-0.2, 0) is 23.5 Å². The molecule has 0 unspecified atom stereocenters. The Bertz CT molecular complexity index is 1320. The number of anilines is 1. The summed E-state index contributed by atoms with van der Waals surface area (Å²) in [6, 6.07) is 12.0. The highest BCUT2D eigenvalue weighted by Gasteiger charge is 2.56. The molecule has 3 aromatic rings. The zero-order valence-corrected chi connectivity index (χ0v) is 22.5. The minimum Gasteiger partial charge on any atom is -0.366 e. The van der Waals surface area contributed by atoms with Gasteiger partial charge < -0.3 is 38.2 Å². The maximum Gasteiger partial charge on any atom is 0.350 e. The van der Waals surface area contributed by atoms with Gasteiger partial charge >= 0.3 is 7.60 Å². The first-order valence-electron chi connectivity index (χ1n) is 11.9. The van der Waals surface area contributed by atoms with Gasteiger partial charge in [0, 0.05) is 13.2 Å². The Morgan fingerprint density at radius 2 is 1.89 bits per heavy atom. The number of nitrogens with zero attached hydrogens (tertiary/aromatic N) is 4. The molecule has 2 aliphatic heterocycles. The molecule has 0 saturated carbocycles. The van der Waals surface area contributed by atoms with E-state index in [1.165, 1.54) is 0 Å². The van der Waals surface area contributed by atoms with Crippen LogP contribution in [0.5, 0.6) is 0 Å². The zero-order valence-electron chi connectivity index (χ0n) is 20.9. The van der Waals surface area contributed by atoms with E-state index in [-0.39, 0.29) is 17.9 Å². The number of benzene rings is 1. The van der Waals surface area contributed by atoms with E-state index in [0.29, 0.717) is 11.5 Å². The van der Waals surface area contributed by atoms with Gasteiger partial charge in [0.25, 0.3) is 0 Å². The first-order chi connectivity index (χ1) is 17.4. The molecule has 4 heterocycles. The number of hydrogen-bond donors (Lipinski definition) is 2. The quantitative estimate of drug-likeness (QED) is 0.314. The van der Waals surface area contributed by atoms with Gasteiger partial charge in [0.15, 0.2) is 12.0 Å². The highest BCUT2D eigenvalue weighted by Crippen LogP contribution is 2.45. The van der Waals surface area contributed by atoms with E-state index >= 15 is 0 Å². The summed E-state index contributed by atoms with van der Waals surface area (Å²) in [6.07, 6.45) is -1.12. The van der Waals surface area contributed by atoms with Crippen molar-refractivity contribution in [3.63, 3.8) is 0 Å². The number of rotatable bonds is 8. The summed E-state index contributed by atoms with van der Waals surface area (Å²) in [4.78, 5) is 29.4. The fourth-order valence-electron chi connectivity index (χ4n) is 4.91. The van der Waals surface area contributed by atoms with Crippen LogP contribution in [0.4, 0.5) is 5.82 Å². The molecule has 0 bridgehead atoms. The summed E-state index contributed by atoms with van der Waals surface area (Å²) in [5.41, 5.74) is 1.70. The van der Waals surface area contributed by atoms with Gasteiger partial charge in [-0.2, -0.15) is 9.97 Å². The van der Waals surface area contributed by atoms with Gasteiger partial charge in [0.1, 0.15) is 36.1 Å². The molecule has 11 nitrogen and oxygen atoms in total. The van der Waals surface area contributed by atoms with Crippen LogP contribution in [0.15, 0.2) is 42.6 Å². The highest BCUT2D eigenvalue weighted by atomic mass is 35.5. The highest BCUT2D eigenvalue weighted by molar-refractivity contribution is 7.51. The van der Waals surface area contributed by atoms with Crippen LogP contribution in [0.2, 0.25) is 5.28 Å². The molecule has 2 N–H and O–H groups in total. The minimum atomic E-state index is -4.31. The lowest BCUT2D eigenvalue weighted by atomic mass is 10.1. The van der Waals surface area contributed by atoms with Gasteiger partial charge in [0.05, 0.1) is 18.0 Å². The van der Waals surface area contributed by atoms with Crippen LogP contribution < -0.4 is 4.90 Å². The molecule has 5 rings (SSSR count). The van der Waals surface area contributed by atoms with Crippen molar-refractivity contribution in [2.45, 2.75) is 57.1 Å². The van der Waals surface area contributed by atoms with E-state index < -0.39 is 44.3 Å². The molecule has 2 aliphatic rings. The molecule has 2 aromatic heterocycles. The third-order valence-electron chi connectivity index (χ3n) is 6.66. The fraction of sp³-hybridized carbons (Fsp3) is 0.500. The van der Waals surface area contributed by atoms with Gasteiger partial charge in [-0.25, -0.2) is 0 Å². The third kappa shape index (κ3) is 5.41. The van der Waals surface area contributed by atoms with Gasteiger partial charge in [-0.15, -0.1) is 0 Å². The van der Waals surface area contributed by atoms with Crippen molar-refractivity contribution in [1.82, 2.24) is 14.5 Å². The molecule has 0 radical (unpaired) electrons. The van der Waals surface area contributed by atoms with Crippen LogP contribution in [0.3, 0.4) is 0 Å². The number of fused-ring (bicyclic) bond motifs is 2. The normalized spacial score (nSPS) is 25.9. The average Bonchev–Trinajstić information content (AvgIpc) is 3.48. The van der Waals surface area contributed by atoms with Crippen LogP contribution in [0.1, 0.15) is 38.6 Å². The summed E-state index contributed by atoms with van der Waals surface area (Å²) in [6.45, 7) is 5.63. The molecular formula is C24H30ClN4O7P. The first-order valence-corrected chi connectivity index (χ1v) is 14.1. The van der Waals surface area contributed by atoms with Gasteiger partial charge in [-0.05, 0) is 44.0 Å². The van der Waals surface area contributed by atoms with Crippen LogP contribution in [0, 0.1) is 0 Å². The summed E-state index contributed by atoms with van der Waals surface area (Å²) in [5, 5.41) is 0.878. The zero-order chi connectivity index (χ0) is 26.5. The minimum absolute atomic E-state index is 0.0220. The molecule has 2 saturated heterocycles. The van der Waals surface area contributed by atoms with Crippen molar-refractivity contribution in [3.05, 3.63) is 53.4 Å². The van der Waals surface area contributed by atoms with Gasteiger partial charge in [-0.3, -0.25) is 4.57 Å². The molecule has 0 spiro atoms. The summed E-state index contributed by atoms with van der Waals surface area (Å²) in [5.74, 6) is -0.199. The lowest BCUT2D eigenvalue weighted by Crippen LogP contribution is -2.33. The molecule has 37 heavy (non-hydrogen) atoms. The molecule has 1 aromatic carbocycles. The molecule has 0 aliphatic carbocycles. The number of ether oxygens (including phenoxy) is 4. The van der Waals surface area contributed by atoms with Crippen molar-refractivity contribution in [3.8, 4) is 0 Å². The van der Waals surface area contributed by atoms with Crippen molar-refractivity contribution in [1.29, 1.82) is 0 Å². The fourth-order valence-corrected chi connectivity index (χ4v) is 5.41. The van der Waals surface area contributed by atoms with Gasteiger partial charge in [-0.1, -0.05) is 30.3 Å². The molecule has 13 heteroatoms. The Morgan fingerprint density at radius 3 is 2.59 bits per heavy atom. The van der Waals surface area contributed by atoms with Crippen molar-refractivity contribution in [2.24, 2.45) is 0 Å². The van der Waals surface area contributed by atoms with E-state index in [0.717, 1.165) is 10.9 Å². The predicted octanol–water partition coefficient (Wildman–Crippen LogP) is 3.85.